The van der Waals surface area contributed by atoms with Crippen molar-refractivity contribution in [3.63, 3.8) is 0 Å². The van der Waals surface area contributed by atoms with E-state index < -0.39 is 29.0 Å². The topological polar surface area (TPSA) is 32.3 Å². The molecule has 1 N–H and O–H groups in total. The highest BCUT2D eigenvalue weighted by Crippen LogP contribution is 2.30. The fourth-order valence-electron chi connectivity index (χ4n) is 2.42. The van der Waals surface area contributed by atoms with Crippen molar-refractivity contribution in [1.29, 1.82) is 0 Å². The number of nitrogens with zero attached hydrogens (tertiary/aromatic N) is 1. The molecular weight excluding hydrogens is 288 g/mol. The third kappa shape index (κ3) is 3.72. The molecule has 7 heteroatoms. The molecule has 0 aliphatic carbocycles. The van der Waals surface area contributed by atoms with Crippen LogP contribution in [0.15, 0.2) is 18.2 Å². The van der Waals surface area contributed by atoms with Crippen molar-refractivity contribution in [3.8, 4) is 0 Å². The first-order valence-corrected chi connectivity index (χ1v) is 6.64. The summed E-state index contributed by atoms with van der Waals surface area (Å²) in [7, 11) is 1.91. The van der Waals surface area contributed by atoms with Crippen LogP contribution in [0.1, 0.15) is 28.8 Å². The number of nitrogens with one attached hydrogen (secondary N) is 1. The van der Waals surface area contributed by atoms with Gasteiger partial charge < -0.3 is 10.2 Å². The summed E-state index contributed by atoms with van der Waals surface area (Å²) in [6.07, 6.45) is -2.69. The standard InChI is InChI=1S/C14H16F4N2O/c1-20-6-2-3-10(20)8-19-13(21)11-7-9(14(16,17)18)4-5-12(11)15/h4-5,7,10H,2-3,6,8H2,1H3,(H,19,21). The number of carbonyl (C=O) groups excluding carboxylic acids is 1. The molecule has 0 radical (unpaired) electrons. The van der Waals surface area contributed by atoms with Gasteiger partial charge in [0.05, 0.1) is 11.1 Å². The van der Waals surface area contributed by atoms with Crippen LogP contribution in [0.2, 0.25) is 0 Å². The van der Waals surface area contributed by atoms with Crippen LogP contribution in [0.25, 0.3) is 0 Å². The van der Waals surface area contributed by atoms with Crippen molar-refractivity contribution >= 4 is 5.91 Å². The molecule has 1 aliphatic rings. The number of halogens is 4. The summed E-state index contributed by atoms with van der Waals surface area (Å²) in [5.74, 6) is -1.78. The van der Waals surface area contributed by atoms with Crippen LogP contribution in [0.3, 0.4) is 0 Å². The van der Waals surface area contributed by atoms with E-state index >= 15 is 0 Å². The molecule has 2 rings (SSSR count). The number of hydrogen-bond donors (Lipinski definition) is 1. The van der Waals surface area contributed by atoms with Gasteiger partial charge in [0.1, 0.15) is 5.82 Å². The predicted octanol–water partition coefficient (Wildman–Crippen LogP) is 2.67. The number of likely N-dealkylation sites (N-methyl/N-ethyl adjacent to an activating group) is 1. The van der Waals surface area contributed by atoms with E-state index in [1.165, 1.54) is 0 Å². The number of amides is 1. The first-order chi connectivity index (χ1) is 9.79. The van der Waals surface area contributed by atoms with E-state index in [4.69, 9.17) is 0 Å². The highest BCUT2D eigenvalue weighted by atomic mass is 19.4. The maximum Gasteiger partial charge on any atom is 0.416 e. The van der Waals surface area contributed by atoms with Crippen molar-refractivity contribution in [2.75, 3.05) is 20.1 Å². The number of hydrogen-bond acceptors (Lipinski definition) is 2. The molecule has 1 saturated heterocycles. The Kier molecular flexibility index (Phi) is 4.51. The minimum Gasteiger partial charge on any atom is -0.350 e. The molecule has 21 heavy (non-hydrogen) atoms. The van der Waals surface area contributed by atoms with E-state index in [1.807, 2.05) is 7.05 Å². The molecule has 1 fully saturated rings. The molecule has 0 spiro atoms. The van der Waals surface area contributed by atoms with Crippen LogP contribution in [0.5, 0.6) is 0 Å². The highest BCUT2D eigenvalue weighted by molar-refractivity contribution is 5.94. The second-order valence-electron chi connectivity index (χ2n) is 5.18. The SMILES string of the molecule is CN1CCCC1CNC(=O)c1cc(C(F)(F)F)ccc1F. The lowest BCUT2D eigenvalue weighted by molar-refractivity contribution is -0.137. The minimum absolute atomic E-state index is 0.141. The first kappa shape index (κ1) is 15.8. The average molecular weight is 304 g/mol. The number of likely N-dealkylation sites (tertiary alicyclic amines) is 1. The number of rotatable bonds is 3. The van der Waals surface area contributed by atoms with Crippen LogP contribution in [-0.4, -0.2) is 37.0 Å². The van der Waals surface area contributed by atoms with Gasteiger partial charge in [0.2, 0.25) is 0 Å². The highest BCUT2D eigenvalue weighted by Gasteiger charge is 2.32. The second kappa shape index (κ2) is 6.01. The molecule has 1 aromatic carbocycles. The third-order valence-electron chi connectivity index (χ3n) is 3.71. The molecule has 1 atom stereocenters. The zero-order valence-corrected chi connectivity index (χ0v) is 11.5. The summed E-state index contributed by atoms with van der Waals surface area (Å²) < 4.78 is 51.3. The number of carbonyl (C=O) groups is 1. The molecular formula is C14H16F4N2O. The lowest BCUT2D eigenvalue weighted by Gasteiger charge is -2.19. The van der Waals surface area contributed by atoms with E-state index in [9.17, 15) is 22.4 Å². The number of alkyl halides is 3. The van der Waals surface area contributed by atoms with Crippen molar-refractivity contribution < 1.29 is 22.4 Å². The fourth-order valence-corrected chi connectivity index (χ4v) is 2.42. The Morgan fingerprint density at radius 3 is 2.71 bits per heavy atom. The largest absolute Gasteiger partial charge is 0.416 e. The Balaban J connectivity index is 2.08. The molecule has 1 heterocycles. The van der Waals surface area contributed by atoms with E-state index in [0.717, 1.165) is 19.4 Å². The Morgan fingerprint density at radius 2 is 2.14 bits per heavy atom. The van der Waals surface area contributed by atoms with E-state index in [2.05, 4.69) is 10.2 Å². The lowest BCUT2D eigenvalue weighted by atomic mass is 10.1. The van der Waals surface area contributed by atoms with Crippen LogP contribution in [0, 0.1) is 5.82 Å². The van der Waals surface area contributed by atoms with E-state index in [0.29, 0.717) is 24.7 Å². The van der Waals surface area contributed by atoms with Gasteiger partial charge in [0.15, 0.2) is 0 Å². The molecule has 0 saturated carbocycles. The Hall–Kier alpha value is -1.63. The zero-order valence-electron chi connectivity index (χ0n) is 11.5. The first-order valence-electron chi connectivity index (χ1n) is 6.64. The van der Waals surface area contributed by atoms with Gasteiger partial charge in [-0.3, -0.25) is 4.79 Å². The molecule has 1 aliphatic heterocycles. The summed E-state index contributed by atoms with van der Waals surface area (Å²) in [5, 5.41) is 2.50. The smallest absolute Gasteiger partial charge is 0.350 e. The monoisotopic (exact) mass is 304 g/mol. The van der Waals surface area contributed by atoms with Gasteiger partial charge in [-0.1, -0.05) is 0 Å². The van der Waals surface area contributed by atoms with Gasteiger partial charge in [0, 0.05) is 12.6 Å². The average Bonchev–Trinajstić information content (AvgIpc) is 2.80. The van der Waals surface area contributed by atoms with Crippen LogP contribution in [0.4, 0.5) is 17.6 Å². The summed E-state index contributed by atoms with van der Waals surface area (Å²) in [6, 6.07) is 1.97. The quantitative estimate of drug-likeness (QED) is 0.871. The van der Waals surface area contributed by atoms with Crippen molar-refractivity contribution in [2.24, 2.45) is 0 Å². The van der Waals surface area contributed by atoms with Crippen molar-refractivity contribution in [3.05, 3.63) is 35.1 Å². The lowest BCUT2D eigenvalue weighted by Crippen LogP contribution is -2.38. The van der Waals surface area contributed by atoms with Gasteiger partial charge in [-0.25, -0.2) is 4.39 Å². The van der Waals surface area contributed by atoms with E-state index in [-0.39, 0.29) is 6.04 Å². The third-order valence-corrected chi connectivity index (χ3v) is 3.71. The van der Waals surface area contributed by atoms with E-state index in [1.54, 1.807) is 0 Å². The van der Waals surface area contributed by atoms with Crippen LogP contribution in [-0.2, 0) is 6.18 Å². The van der Waals surface area contributed by atoms with Gasteiger partial charge in [0.25, 0.3) is 5.91 Å². The van der Waals surface area contributed by atoms with Crippen LogP contribution >= 0.6 is 0 Å². The Bertz CT molecular complexity index is 530. The molecule has 1 amide bonds. The molecule has 0 aromatic heterocycles. The second-order valence-corrected chi connectivity index (χ2v) is 5.18. The fraction of sp³-hybridized carbons (Fsp3) is 0.500. The molecule has 116 valence electrons. The van der Waals surface area contributed by atoms with Gasteiger partial charge >= 0.3 is 6.18 Å². The zero-order chi connectivity index (χ0) is 15.6. The van der Waals surface area contributed by atoms with Crippen molar-refractivity contribution in [1.82, 2.24) is 10.2 Å². The summed E-state index contributed by atoms with van der Waals surface area (Å²) >= 11 is 0. The molecule has 1 unspecified atom stereocenters. The summed E-state index contributed by atoms with van der Waals surface area (Å²) in [5.41, 5.74) is -1.61. The summed E-state index contributed by atoms with van der Waals surface area (Å²) in [6.45, 7) is 1.21. The molecule has 1 aromatic rings. The Morgan fingerprint density at radius 1 is 1.43 bits per heavy atom. The van der Waals surface area contributed by atoms with Crippen molar-refractivity contribution in [2.45, 2.75) is 25.1 Å². The maximum atomic E-state index is 13.5. The molecule has 3 nitrogen and oxygen atoms in total. The summed E-state index contributed by atoms with van der Waals surface area (Å²) in [4.78, 5) is 13.9. The van der Waals surface area contributed by atoms with Gasteiger partial charge in [-0.05, 0) is 44.6 Å². The van der Waals surface area contributed by atoms with Crippen LogP contribution < -0.4 is 5.32 Å². The minimum atomic E-state index is -4.60. The normalized spacial score (nSPS) is 19.8. The van der Waals surface area contributed by atoms with Gasteiger partial charge in [-0.15, -0.1) is 0 Å². The number of benzene rings is 1. The predicted molar refractivity (Wildman–Crippen MR) is 69.4 cm³/mol. The Labute approximate surface area is 119 Å². The maximum absolute atomic E-state index is 13.5. The molecule has 0 bridgehead atoms. The van der Waals surface area contributed by atoms with Gasteiger partial charge in [-0.2, -0.15) is 13.2 Å².